The van der Waals surface area contributed by atoms with Crippen molar-refractivity contribution in [1.82, 2.24) is 5.32 Å². The van der Waals surface area contributed by atoms with E-state index >= 15 is 0 Å². The van der Waals surface area contributed by atoms with Gasteiger partial charge in [0, 0.05) is 6.04 Å². The first-order valence-corrected chi connectivity index (χ1v) is 9.45. The maximum Gasteiger partial charge on any atom is 0.183 e. The van der Waals surface area contributed by atoms with Crippen LogP contribution >= 0.6 is 0 Å². The van der Waals surface area contributed by atoms with E-state index in [0.717, 1.165) is 36.9 Å². The van der Waals surface area contributed by atoms with E-state index in [1.165, 1.54) is 0 Å². The van der Waals surface area contributed by atoms with Crippen LogP contribution in [0.4, 0.5) is 0 Å². The SMILES string of the molecule is CCNC1CCC(C)CC1S(=O)(=O)c1cc(C)ccc1C. The molecule has 2 rings (SSSR count). The van der Waals surface area contributed by atoms with Crippen LogP contribution in [0.2, 0.25) is 0 Å². The summed E-state index contributed by atoms with van der Waals surface area (Å²) in [7, 11) is -3.28. The van der Waals surface area contributed by atoms with Crippen molar-refractivity contribution in [3.05, 3.63) is 29.3 Å². The topological polar surface area (TPSA) is 46.2 Å². The summed E-state index contributed by atoms with van der Waals surface area (Å²) in [5.74, 6) is 0.477. The Morgan fingerprint density at radius 2 is 1.95 bits per heavy atom. The summed E-state index contributed by atoms with van der Waals surface area (Å²) in [6.45, 7) is 8.86. The Hall–Kier alpha value is -0.870. The number of nitrogens with one attached hydrogen (secondary N) is 1. The van der Waals surface area contributed by atoms with Crippen LogP contribution in [0.5, 0.6) is 0 Å². The fourth-order valence-corrected chi connectivity index (χ4v) is 5.78. The van der Waals surface area contributed by atoms with Gasteiger partial charge in [0.25, 0.3) is 0 Å². The molecule has 1 aromatic rings. The second-order valence-electron chi connectivity index (χ2n) is 6.43. The van der Waals surface area contributed by atoms with Crippen molar-refractivity contribution in [2.75, 3.05) is 6.54 Å². The van der Waals surface area contributed by atoms with Gasteiger partial charge in [0.1, 0.15) is 0 Å². The van der Waals surface area contributed by atoms with Crippen molar-refractivity contribution >= 4 is 9.84 Å². The number of benzene rings is 1. The molecule has 1 N–H and O–H groups in total. The van der Waals surface area contributed by atoms with Crippen LogP contribution in [0, 0.1) is 19.8 Å². The van der Waals surface area contributed by atoms with Crippen molar-refractivity contribution < 1.29 is 8.42 Å². The lowest BCUT2D eigenvalue weighted by Gasteiger charge is -2.35. The van der Waals surface area contributed by atoms with E-state index < -0.39 is 9.84 Å². The Balaban J connectivity index is 2.42. The first kappa shape index (κ1) is 16.5. The number of sulfone groups is 1. The molecule has 0 heterocycles. The summed E-state index contributed by atoms with van der Waals surface area (Å²) in [5.41, 5.74) is 1.86. The predicted octanol–water partition coefficient (Wildman–Crippen LogP) is 3.24. The highest BCUT2D eigenvalue weighted by atomic mass is 32.2. The number of aryl methyl sites for hydroxylation is 2. The summed E-state index contributed by atoms with van der Waals surface area (Å²) in [4.78, 5) is 0.518. The molecule has 1 aromatic carbocycles. The summed E-state index contributed by atoms with van der Waals surface area (Å²) < 4.78 is 26.3. The summed E-state index contributed by atoms with van der Waals surface area (Å²) >= 11 is 0. The normalized spacial score (nSPS) is 26.8. The molecule has 118 valence electrons. The van der Waals surface area contributed by atoms with E-state index in [9.17, 15) is 8.42 Å². The van der Waals surface area contributed by atoms with Crippen LogP contribution in [0.3, 0.4) is 0 Å². The molecule has 0 saturated heterocycles. The number of hydrogen-bond acceptors (Lipinski definition) is 3. The van der Waals surface area contributed by atoms with E-state index in [1.807, 2.05) is 39.0 Å². The lowest BCUT2D eigenvalue weighted by atomic mass is 9.87. The van der Waals surface area contributed by atoms with Crippen LogP contribution in [0.1, 0.15) is 44.2 Å². The minimum absolute atomic E-state index is 0.0797. The first-order chi connectivity index (χ1) is 9.86. The zero-order valence-corrected chi connectivity index (χ0v) is 14.3. The standard InChI is InChI=1S/C17H27NO2S/c1-5-18-15-9-7-13(3)11-17(15)21(19,20)16-10-12(2)6-8-14(16)4/h6,8,10,13,15,17-18H,5,7,9,11H2,1-4H3. The molecule has 0 amide bonds. The molecule has 4 heteroatoms. The van der Waals surface area contributed by atoms with Gasteiger partial charge in [0.2, 0.25) is 0 Å². The van der Waals surface area contributed by atoms with Gasteiger partial charge < -0.3 is 5.32 Å². The first-order valence-electron chi connectivity index (χ1n) is 7.90. The van der Waals surface area contributed by atoms with Crippen LogP contribution in [-0.4, -0.2) is 26.3 Å². The van der Waals surface area contributed by atoms with Crippen LogP contribution in [0.25, 0.3) is 0 Å². The third kappa shape index (κ3) is 3.49. The van der Waals surface area contributed by atoms with E-state index in [-0.39, 0.29) is 11.3 Å². The Bertz CT molecular complexity index is 595. The third-order valence-corrected chi connectivity index (χ3v) is 6.94. The van der Waals surface area contributed by atoms with Crippen molar-refractivity contribution in [2.45, 2.75) is 63.1 Å². The monoisotopic (exact) mass is 309 g/mol. The largest absolute Gasteiger partial charge is 0.313 e. The molecule has 3 nitrogen and oxygen atoms in total. The molecule has 1 saturated carbocycles. The zero-order valence-electron chi connectivity index (χ0n) is 13.5. The highest BCUT2D eigenvalue weighted by Gasteiger charge is 2.38. The molecule has 3 atom stereocenters. The van der Waals surface area contributed by atoms with Gasteiger partial charge in [-0.1, -0.05) is 26.0 Å². The average molecular weight is 309 g/mol. The van der Waals surface area contributed by atoms with E-state index in [1.54, 1.807) is 0 Å². The van der Waals surface area contributed by atoms with Gasteiger partial charge in [-0.2, -0.15) is 0 Å². The molecular formula is C17H27NO2S. The second kappa shape index (κ2) is 6.49. The quantitative estimate of drug-likeness (QED) is 0.928. The van der Waals surface area contributed by atoms with Gasteiger partial charge in [0.15, 0.2) is 9.84 Å². The highest BCUT2D eigenvalue weighted by Crippen LogP contribution is 2.33. The lowest BCUT2D eigenvalue weighted by molar-refractivity contribution is 0.311. The van der Waals surface area contributed by atoms with Gasteiger partial charge in [0.05, 0.1) is 10.1 Å². The summed E-state index contributed by atoms with van der Waals surface area (Å²) in [6, 6.07) is 5.79. The minimum Gasteiger partial charge on any atom is -0.313 e. The van der Waals surface area contributed by atoms with Gasteiger partial charge in [-0.3, -0.25) is 0 Å². The molecule has 21 heavy (non-hydrogen) atoms. The molecule has 3 unspecified atom stereocenters. The fraction of sp³-hybridized carbons (Fsp3) is 0.647. The van der Waals surface area contributed by atoms with E-state index in [4.69, 9.17) is 0 Å². The summed E-state index contributed by atoms with van der Waals surface area (Å²) in [6.07, 6.45) is 2.81. The maximum absolute atomic E-state index is 13.2. The molecule has 0 spiro atoms. The number of rotatable bonds is 4. The van der Waals surface area contributed by atoms with Gasteiger partial charge in [-0.15, -0.1) is 0 Å². The van der Waals surface area contributed by atoms with Crippen molar-refractivity contribution in [3.8, 4) is 0 Å². The van der Waals surface area contributed by atoms with Crippen molar-refractivity contribution in [2.24, 2.45) is 5.92 Å². The summed E-state index contributed by atoms with van der Waals surface area (Å²) in [5, 5.41) is 3.08. The van der Waals surface area contributed by atoms with Crippen molar-refractivity contribution in [1.29, 1.82) is 0 Å². The fourth-order valence-electron chi connectivity index (χ4n) is 3.34. The molecular weight excluding hydrogens is 282 g/mol. The van der Waals surface area contributed by atoms with E-state index in [2.05, 4.69) is 12.2 Å². The molecule has 1 aliphatic carbocycles. The Morgan fingerprint density at radius 3 is 2.62 bits per heavy atom. The van der Waals surface area contributed by atoms with Crippen LogP contribution in [0.15, 0.2) is 23.1 Å². The molecule has 0 radical (unpaired) electrons. The Labute approximate surface area is 129 Å². The third-order valence-electron chi connectivity index (χ3n) is 4.57. The van der Waals surface area contributed by atoms with Crippen LogP contribution in [-0.2, 0) is 9.84 Å². The Morgan fingerprint density at radius 1 is 1.24 bits per heavy atom. The zero-order chi connectivity index (χ0) is 15.6. The maximum atomic E-state index is 13.2. The second-order valence-corrected chi connectivity index (χ2v) is 8.57. The highest BCUT2D eigenvalue weighted by molar-refractivity contribution is 7.92. The van der Waals surface area contributed by atoms with Crippen LogP contribution < -0.4 is 5.32 Å². The lowest BCUT2D eigenvalue weighted by Crippen LogP contribution is -2.47. The molecule has 1 fully saturated rings. The number of hydrogen-bond donors (Lipinski definition) is 1. The predicted molar refractivity (Wildman–Crippen MR) is 87.4 cm³/mol. The Kier molecular flexibility index (Phi) is 5.10. The van der Waals surface area contributed by atoms with Gasteiger partial charge >= 0.3 is 0 Å². The van der Waals surface area contributed by atoms with E-state index in [0.29, 0.717) is 10.8 Å². The average Bonchev–Trinajstić information content (AvgIpc) is 2.43. The smallest absolute Gasteiger partial charge is 0.183 e. The molecule has 0 bridgehead atoms. The molecule has 1 aliphatic rings. The van der Waals surface area contributed by atoms with Crippen molar-refractivity contribution in [3.63, 3.8) is 0 Å². The minimum atomic E-state index is -3.28. The molecule has 0 aromatic heterocycles. The van der Waals surface area contributed by atoms with Gasteiger partial charge in [-0.25, -0.2) is 8.42 Å². The van der Waals surface area contributed by atoms with Gasteiger partial charge in [-0.05, 0) is 62.8 Å². The molecule has 0 aliphatic heterocycles.